The maximum Gasteiger partial charge on any atom is 0.433 e. The van der Waals surface area contributed by atoms with Gasteiger partial charge in [-0.2, -0.15) is 27.8 Å². The van der Waals surface area contributed by atoms with E-state index in [0.717, 1.165) is 28.9 Å². The fraction of sp³-hybridized carbons (Fsp3) is 0.350. The quantitative estimate of drug-likeness (QED) is 0.456. The third-order valence-electron chi connectivity index (χ3n) is 5.54. The number of piperazine rings is 1. The molecule has 1 fully saturated rings. The Kier molecular flexibility index (Phi) is 4.77. The number of fused-ring (bicyclic) bond motifs is 2. The SMILES string of the molecule is Cc1cc(N2CCN(C(=O)c3sc4nc(C(F)(F)F)ccc4c3C)CC2)n2ncnc2n1. The van der Waals surface area contributed by atoms with E-state index >= 15 is 0 Å². The molecule has 4 aromatic heterocycles. The van der Waals surface area contributed by atoms with Crippen molar-refractivity contribution in [3.05, 3.63) is 46.4 Å². The van der Waals surface area contributed by atoms with Crippen molar-refractivity contribution in [2.45, 2.75) is 20.0 Å². The number of thiophene rings is 1. The molecule has 166 valence electrons. The smallest absolute Gasteiger partial charge is 0.353 e. The van der Waals surface area contributed by atoms with Crippen LogP contribution in [0.5, 0.6) is 0 Å². The lowest BCUT2D eigenvalue weighted by Gasteiger charge is -2.35. The van der Waals surface area contributed by atoms with E-state index in [1.165, 1.54) is 12.4 Å². The van der Waals surface area contributed by atoms with Crippen LogP contribution in [0.2, 0.25) is 0 Å². The zero-order valence-electron chi connectivity index (χ0n) is 17.2. The molecule has 1 aliphatic rings. The molecule has 0 spiro atoms. The minimum absolute atomic E-state index is 0.185. The summed E-state index contributed by atoms with van der Waals surface area (Å²) in [5.41, 5.74) is 0.532. The average Bonchev–Trinajstić information content (AvgIpc) is 3.36. The summed E-state index contributed by atoms with van der Waals surface area (Å²) in [5, 5.41) is 4.81. The second-order valence-corrected chi connectivity index (χ2v) is 8.61. The van der Waals surface area contributed by atoms with Crippen LogP contribution in [-0.2, 0) is 6.18 Å². The van der Waals surface area contributed by atoms with E-state index in [4.69, 9.17) is 0 Å². The van der Waals surface area contributed by atoms with E-state index in [9.17, 15) is 18.0 Å². The van der Waals surface area contributed by atoms with Crippen LogP contribution in [0.25, 0.3) is 16.0 Å². The van der Waals surface area contributed by atoms with Crippen molar-refractivity contribution in [1.82, 2.24) is 29.5 Å². The van der Waals surface area contributed by atoms with E-state index in [1.807, 2.05) is 13.0 Å². The second kappa shape index (κ2) is 7.40. The fourth-order valence-electron chi connectivity index (χ4n) is 3.88. The van der Waals surface area contributed by atoms with Crippen molar-refractivity contribution < 1.29 is 18.0 Å². The average molecular weight is 461 g/mol. The first kappa shape index (κ1) is 20.6. The van der Waals surface area contributed by atoms with E-state index in [-0.39, 0.29) is 10.7 Å². The number of hydrogen-bond acceptors (Lipinski definition) is 7. The van der Waals surface area contributed by atoms with Crippen LogP contribution < -0.4 is 4.90 Å². The summed E-state index contributed by atoms with van der Waals surface area (Å²) < 4.78 is 40.7. The number of carbonyl (C=O) groups excluding carboxylic acids is 1. The van der Waals surface area contributed by atoms with Gasteiger partial charge in [0, 0.05) is 43.3 Å². The molecule has 5 rings (SSSR count). The third kappa shape index (κ3) is 3.44. The fourth-order valence-corrected chi connectivity index (χ4v) is 5.03. The molecule has 8 nitrogen and oxygen atoms in total. The Morgan fingerprint density at radius 2 is 1.84 bits per heavy atom. The van der Waals surface area contributed by atoms with Crippen molar-refractivity contribution in [2.24, 2.45) is 0 Å². The van der Waals surface area contributed by atoms with E-state index in [0.29, 0.717) is 47.8 Å². The van der Waals surface area contributed by atoms with Gasteiger partial charge in [-0.15, -0.1) is 11.3 Å². The van der Waals surface area contributed by atoms with E-state index < -0.39 is 11.9 Å². The van der Waals surface area contributed by atoms with Crippen molar-refractivity contribution in [3.63, 3.8) is 0 Å². The highest BCUT2D eigenvalue weighted by Crippen LogP contribution is 2.35. The lowest BCUT2D eigenvalue weighted by atomic mass is 10.1. The van der Waals surface area contributed by atoms with Gasteiger partial charge < -0.3 is 9.80 Å². The van der Waals surface area contributed by atoms with E-state index in [2.05, 4.69) is 25.0 Å². The molecule has 0 aliphatic carbocycles. The molecule has 0 aromatic carbocycles. The van der Waals surface area contributed by atoms with Gasteiger partial charge in [-0.1, -0.05) is 0 Å². The topological polar surface area (TPSA) is 79.5 Å². The van der Waals surface area contributed by atoms with Gasteiger partial charge >= 0.3 is 6.18 Å². The lowest BCUT2D eigenvalue weighted by molar-refractivity contribution is -0.140. The molecular weight excluding hydrogens is 443 g/mol. The highest BCUT2D eigenvalue weighted by Gasteiger charge is 2.33. The highest BCUT2D eigenvalue weighted by molar-refractivity contribution is 7.20. The molecule has 0 bridgehead atoms. The largest absolute Gasteiger partial charge is 0.433 e. The molecule has 0 N–H and O–H groups in total. The number of rotatable bonds is 2. The van der Waals surface area contributed by atoms with Gasteiger partial charge in [0.1, 0.15) is 22.7 Å². The first-order chi connectivity index (χ1) is 15.2. The Hall–Kier alpha value is -3.28. The van der Waals surface area contributed by atoms with Crippen LogP contribution in [0.15, 0.2) is 24.5 Å². The second-order valence-electron chi connectivity index (χ2n) is 7.61. The zero-order chi connectivity index (χ0) is 22.6. The number of hydrogen-bond donors (Lipinski definition) is 0. The number of carbonyl (C=O) groups is 1. The summed E-state index contributed by atoms with van der Waals surface area (Å²) in [6, 6.07) is 4.27. The van der Waals surface area contributed by atoms with Gasteiger partial charge in [0.2, 0.25) is 0 Å². The summed E-state index contributed by atoms with van der Waals surface area (Å²) in [7, 11) is 0. The Morgan fingerprint density at radius 1 is 1.09 bits per heavy atom. The van der Waals surface area contributed by atoms with Gasteiger partial charge in [0.25, 0.3) is 11.7 Å². The zero-order valence-corrected chi connectivity index (χ0v) is 18.0. The molecule has 1 saturated heterocycles. The monoisotopic (exact) mass is 461 g/mol. The molecule has 0 atom stereocenters. The van der Waals surface area contributed by atoms with Gasteiger partial charge in [-0.25, -0.2) is 9.97 Å². The molecule has 0 unspecified atom stereocenters. The maximum absolute atomic E-state index is 13.2. The lowest BCUT2D eigenvalue weighted by Crippen LogP contribution is -2.49. The molecule has 1 amide bonds. The predicted octanol–water partition coefficient (Wildman–Crippen LogP) is 3.33. The van der Waals surface area contributed by atoms with Gasteiger partial charge in [-0.3, -0.25) is 4.79 Å². The van der Waals surface area contributed by atoms with Crippen molar-refractivity contribution in [2.75, 3.05) is 31.1 Å². The molecule has 32 heavy (non-hydrogen) atoms. The van der Waals surface area contributed by atoms with Crippen molar-refractivity contribution in [3.8, 4) is 0 Å². The van der Waals surface area contributed by atoms with Gasteiger partial charge in [0.05, 0.1) is 4.88 Å². The Balaban J connectivity index is 1.37. The Morgan fingerprint density at radius 3 is 2.56 bits per heavy atom. The van der Waals surface area contributed by atoms with Crippen LogP contribution in [-0.4, -0.2) is 61.6 Å². The van der Waals surface area contributed by atoms with Crippen LogP contribution >= 0.6 is 11.3 Å². The van der Waals surface area contributed by atoms with Crippen molar-refractivity contribution in [1.29, 1.82) is 0 Å². The first-order valence-electron chi connectivity index (χ1n) is 9.91. The Bertz CT molecular complexity index is 1340. The van der Waals surface area contributed by atoms with Gasteiger partial charge in [0.15, 0.2) is 0 Å². The number of alkyl halides is 3. The number of anilines is 1. The minimum Gasteiger partial charge on any atom is -0.353 e. The standard InChI is InChI=1S/C20H18F3N7OS/c1-11-9-15(30-19(26-11)24-10-25-30)28-5-7-29(8-6-28)18(31)16-12(2)13-3-4-14(20(21,22)23)27-17(13)32-16/h3-4,9-10H,5-8H2,1-2H3. The number of aryl methyl sites for hydroxylation is 2. The normalized spacial score (nSPS) is 15.2. The molecule has 1 aliphatic heterocycles. The van der Waals surface area contributed by atoms with Gasteiger partial charge in [-0.05, 0) is 31.5 Å². The van der Waals surface area contributed by atoms with Crippen LogP contribution in [0.4, 0.5) is 19.0 Å². The van der Waals surface area contributed by atoms with Crippen molar-refractivity contribution >= 4 is 39.1 Å². The summed E-state index contributed by atoms with van der Waals surface area (Å²) in [6.07, 6.45) is -3.07. The number of nitrogens with zero attached hydrogens (tertiary/aromatic N) is 7. The number of amides is 1. The molecular formula is C20H18F3N7OS. The molecule has 12 heteroatoms. The van der Waals surface area contributed by atoms with E-state index in [1.54, 1.807) is 16.3 Å². The first-order valence-corrected chi connectivity index (χ1v) is 10.7. The predicted molar refractivity (Wildman–Crippen MR) is 113 cm³/mol. The van der Waals surface area contributed by atoms with Crippen LogP contribution in [0.1, 0.15) is 26.6 Å². The third-order valence-corrected chi connectivity index (χ3v) is 6.73. The summed E-state index contributed by atoms with van der Waals surface area (Å²) in [5.74, 6) is 1.19. The minimum atomic E-state index is -4.52. The number of pyridine rings is 1. The molecule has 0 saturated carbocycles. The molecule has 5 heterocycles. The van der Waals surface area contributed by atoms with Crippen LogP contribution in [0, 0.1) is 13.8 Å². The summed E-state index contributed by atoms with van der Waals surface area (Å²) in [6.45, 7) is 5.77. The molecule has 0 radical (unpaired) electrons. The number of aromatic nitrogens is 5. The van der Waals surface area contributed by atoms with Crippen LogP contribution in [0.3, 0.4) is 0 Å². The maximum atomic E-state index is 13.2. The summed E-state index contributed by atoms with van der Waals surface area (Å²) in [4.78, 5) is 29.9. The highest BCUT2D eigenvalue weighted by atomic mass is 32.1. The molecule has 4 aromatic rings. The number of halogens is 3. The Labute approximate surface area is 184 Å². The summed E-state index contributed by atoms with van der Waals surface area (Å²) >= 11 is 1.01.